The van der Waals surface area contributed by atoms with Gasteiger partial charge >= 0.3 is 0 Å². The van der Waals surface area contributed by atoms with Crippen molar-refractivity contribution in [3.8, 4) is 11.3 Å². The van der Waals surface area contributed by atoms with Gasteiger partial charge in [0.25, 0.3) is 0 Å². The molecule has 24 heavy (non-hydrogen) atoms. The summed E-state index contributed by atoms with van der Waals surface area (Å²) in [7, 11) is 0. The maximum absolute atomic E-state index is 4.66. The van der Waals surface area contributed by atoms with Crippen LogP contribution in [0.2, 0.25) is 0 Å². The fourth-order valence-electron chi connectivity index (χ4n) is 2.31. The first-order chi connectivity index (χ1) is 11.7. The molecule has 0 spiro atoms. The molecule has 4 heteroatoms. The average Bonchev–Trinajstić information content (AvgIpc) is 2.61. The highest BCUT2D eigenvalue weighted by molar-refractivity contribution is 5.66. The molecule has 0 aliphatic carbocycles. The van der Waals surface area contributed by atoms with Crippen molar-refractivity contribution in [3.63, 3.8) is 0 Å². The molecule has 3 rings (SSSR count). The van der Waals surface area contributed by atoms with E-state index in [0.29, 0.717) is 11.9 Å². The van der Waals surface area contributed by atoms with Crippen molar-refractivity contribution in [1.29, 1.82) is 0 Å². The zero-order chi connectivity index (χ0) is 16.8. The molecule has 0 bridgehead atoms. The van der Waals surface area contributed by atoms with Crippen LogP contribution in [0.1, 0.15) is 13.8 Å². The number of hydrogen-bond donors (Lipinski definition) is 2. The Morgan fingerprint density at radius 3 is 2.21 bits per heavy atom. The zero-order valence-corrected chi connectivity index (χ0v) is 14.0. The normalized spacial score (nSPS) is 10.6. The van der Waals surface area contributed by atoms with Gasteiger partial charge in [-0.1, -0.05) is 62.4 Å². The fraction of sp³-hybridized carbons (Fsp3) is 0.200. The van der Waals surface area contributed by atoms with Gasteiger partial charge in [-0.05, 0) is 18.1 Å². The Kier molecular flexibility index (Phi) is 5.06. The summed E-state index contributed by atoms with van der Waals surface area (Å²) in [5, 5.41) is 6.67. The standard InChI is InChI=1S/C20H22N4/c1-15(2)14-21-19-13-18(16-9-5-3-6-10-16)23-20(24-19)22-17-11-7-4-8-12-17/h3-13,15H,14H2,1-2H3,(H2,21,22,23,24). The predicted octanol–water partition coefficient (Wildman–Crippen LogP) is 4.96. The van der Waals surface area contributed by atoms with E-state index in [1.54, 1.807) is 0 Å². The summed E-state index contributed by atoms with van der Waals surface area (Å²) in [6.45, 7) is 5.22. The first-order valence-electron chi connectivity index (χ1n) is 8.21. The summed E-state index contributed by atoms with van der Waals surface area (Å²) >= 11 is 0. The molecule has 1 heterocycles. The highest BCUT2D eigenvalue weighted by atomic mass is 15.1. The van der Waals surface area contributed by atoms with Crippen molar-refractivity contribution in [1.82, 2.24) is 9.97 Å². The quantitative estimate of drug-likeness (QED) is 0.675. The number of rotatable bonds is 6. The second-order valence-electron chi connectivity index (χ2n) is 6.09. The van der Waals surface area contributed by atoms with Gasteiger partial charge in [0.05, 0.1) is 5.69 Å². The molecule has 0 radical (unpaired) electrons. The van der Waals surface area contributed by atoms with Gasteiger partial charge in [0.2, 0.25) is 5.95 Å². The van der Waals surface area contributed by atoms with Crippen molar-refractivity contribution >= 4 is 17.5 Å². The van der Waals surface area contributed by atoms with Crippen LogP contribution in [0.25, 0.3) is 11.3 Å². The van der Waals surface area contributed by atoms with E-state index in [0.717, 1.165) is 29.3 Å². The highest BCUT2D eigenvalue weighted by Gasteiger charge is 2.07. The molecule has 0 amide bonds. The van der Waals surface area contributed by atoms with E-state index in [1.807, 2.05) is 54.6 Å². The molecule has 0 aliphatic rings. The lowest BCUT2D eigenvalue weighted by Crippen LogP contribution is -2.10. The van der Waals surface area contributed by atoms with Crippen LogP contribution in [0.3, 0.4) is 0 Å². The Balaban J connectivity index is 1.93. The lowest BCUT2D eigenvalue weighted by molar-refractivity contribution is 0.687. The summed E-state index contributed by atoms with van der Waals surface area (Å²) < 4.78 is 0. The first-order valence-corrected chi connectivity index (χ1v) is 8.21. The van der Waals surface area contributed by atoms with Crippen molar-refractivity contribution in [2.45, 2.75) is 13.8 Å². The van der Waals surface area contributed by atoms with Gasteiger partial charge in [-0.3, -0.25) is 0 Å². The SMILES string of the molecule is CC(C)CNc1cc(-c2ccccc2)nc(Nc2ccccc2)n1. The molecular weight excluding hydrogens is 296 g/mol. The van der Waals surface area contributed by atoms with Crippen LogP contribution in [-0.2, 0) is 0 Å². The second kappa shape index (κ2) is 7.59. The predicted molar refractivity (Wildman–Crippen MR) is 101 cm³/mol. The van der Waals surface area contributed by atoms with Crippen LogP contribution >= 0.6 is 0 Å². The molecular formula is C20H22N4. The summed E-state index contributed by atoms with van der Waals surface area (Å²) in [6, 6.07) is 22.1. The smallest absolute Gasteiger partial charge is 0.229 e. The third kappa shape index (κ3) is 4.32. The molecule has 2 aromatic carbocycles. The topological polar surface area (TPSA) is 49.8 Å². The Bertz CT molecular complexity index is 770. The van der Waals surface area contributed by atoms with E-state index in [1.165, 1.54) is 0 Å². The summed E-state index contributed by atoms with van der Waals surface area (Å²) in [5.41, 5.74) is 2.94. The number of nitrogens with zero attached hydrogens (tertiary/aromatic N) is 2. The van der Waals surface area contributed by atoms with Crippen LogP contribution < -0.4 is 10.6 Å². The zero-order valence-electron chi connectivity index (χ0n) is 14.0. The lowest BCUT2D eigenvalue weighted by Gasteiger charge is -2.12. The Hall–Kier alpha value is -2.88. The molecule has 0 saturated heterocycles. The van der Waals surface area contributed by atoms with Crippen LogP contribution in [0.4, 0.5) is 17.5 Å². The van der Waals surface area contributed by atoms with Crippen molar-refractivity contribution in [2.75, 3.05) is 17.2 Å². The number of benzene rings is 2. The minimum absolute atomic E-state index is 0.547. The Morgan fingerprint density at radius 2 is 1.54 bits per heavy atom. The number of nitrogens with one attached hydrogen (secondary N) is 2. The second-order valence-corrected chi connectivity index (χ2v) is 6.09. The van der Waals surface area contributed by atoms with Gasteiger partial charge in [-0.15, -0.1) is 0 Å². The van der Waals surface area contributed by atoms with Gasteiger partial charge in [0, 0.05) is 23.9 Å². The van der Waals surface area contributed by atoms with Gasteiger partial charge < -0.3 is 10.6 Å². The number of para-hydroxylation sites is 1. The summed E-state index contributed by atoms with van der Waals surface area (Å²) in [4.78, 5) is 9.26. The number of hydrogen-bond acceptors (Lipinski definition) is 4. The molecule has 1 aromatic heterocycles. The van der Waals surface area contributed by atoms with Crippen molar-refractivity contribution in [2.24, 2.45) is 5.92 Å². The molecule has 0 fully saturated rings. The van der Waals surface area contributed by atoms with Gasteiger partial charge in [0.15, 0.2) is 0 Å². The molecule has 0 unspecified atom stereocenters. The minimum Gasteiger partial charge on any atom is -0.370 e. The van der Waals surface area contributed by atoms with Gasteiger partial charge in [-0.2, -0.15) is 4.98 Å². The first kappa shape index (κ1) is 16.0. The Morgan fingerprint density at radius 1 is 0.875 bits per heavy atom. The maximum atomic E-state index is 4.66. The highest BCUT2D eigenvalue weighted by Crippen LogP contribution is 2.23. The summed E-state index contributed by atoms with van der Waals surface area (Å²) in [6.07, 6.45) is 0. The molecule has 2 N–H and O–H groups in total. The van der Waals surface area contributed by atoms with Crippen LogP contribution in [-0.4, -0.2) is 16.5 Å². The largest absolute Gasteiger partial charge is 0.370 e. The van der Waals surface area contributed by atoms with Gasteiger partial charge in [0.1, 0.15) is 5.82 Å². The van der Waals surface area contributed by atoms with Crippen LogP contribution in [0, 0.1) is 5.92 Å². The minimum atomic E-state index is 0.547. The van der Waals surface area contributed by atoms with E-state index in [2.05, 4.69) is 46.6 Å². The molecule has 3 aromatic rings. The maximum Gasteiger partial charge on any atom is 0.229 e. The molecule has 0 saturated carbocycles. The number of anilines is 3. The van der Waals surface area contributed by atoms with E-state index in [-0.39, 0.29) is 0 Å². The monoisotopic (exact) mass is 318 g/mol. The van der Waals surface area contributed by atoms with Gasteiger partial charge in [-0.25, -0.2) is 4.98 Å². The lowest BCUT2D eigenvalue weighted by atomic mass is 10.1. The van der Waals surface area contributed by atoms with Crippen LogP contribution in [0.5, 0.6) is 0 Å². The van der Waals surface area contributed by atoms with E-state index in [9.17, 15) is 0 Å². The fourth-order valence-corrected chi connectivity index (χ4v) is 2.31. The molecule has 4 nitrogen and oxygen atoms in total. The molecule has 122 valence electrons. The van der Waals surface area contributed by atoms with Crippen LogP contribution in [0.15, 0.2) is 66.7 Å². The molecule has 0 atom stereocenters. The van der Waals surface area contributed by atoms with E-state index >= 15 is 0 Å². The average molecular weight is 318 g/mol. The van der Waals surface area contributed by atoms with Crippen molar-refractivity contribution in [3.05, 3.63) is 66.7 Å². The Labute approximate surface area is 143 Å². The third-order valence-electron chi connectivity index (χ3n) is 3.52. The van der Waals surface area contributed by atoms with Crippen molar-refractivity contribution < 1.29 is 0 Å². The number of aromatic nitrogens is 2. The van der Waals surface area contributed by atoms with E-state index in [4.69, 9.17) is 0 Å². The van der Waals surface area contributed by atoms with E-state index < -0.39 is 0 Å². The molecule has 0 aliphatic heterocycles. The third-order valence-corrected chi connectivity index (χ3v) is 3.52. The summed E-state index contributed by atoms with van der Waals surface area (Å²) in [5.74, 6) is 1.97.